The highest BCUT2D eigenvalue weighted by molar-refractivity contribution is 5.42. The summed E-state index contributed by atoms with van der Waals surface area (Å²) >= 11 is 0. The Balaban J connectivity index is 2.16. The van der Waals surface area contributed by atoms with Gasteiger partial charge in [0.25, 0.3) is 5.69 Å². The van der Waals surface area contributed by atoms with Crippen LogP contribution in [0, 0.1) is 10.1 Å². The van der Waals surface area contributed by atoms with E-state index in [9.17, 15) is 15.2 Å². The molecule has 1 aromatic rings. The summed E-state index contributed by atoms with van der Waals surface area (Å²) in [6.45, 7) is 3.88. The van der Waals surface area contributed by atoms with Crippen LogP contribution in [0.2, 0.25) is 0 Å². The molecule has 1 heterocycles. The summed E-state index contributed by atoms with van der Waals surface area (Å²) in [6, 6.07) is 4.78. The number of aliphatic hydroxyl groups is 1. The number of nitro groups is 1. The number of likely N-dealkylation sites (tertiary alicyclic amines) is 1. The van der Waals surface area contributed by atoms with E-state index in [1.165, 1.54) is 13.2 Å². The third-order valence-corrected chi connectivity index (χ3v) is 3.56. The summed E-state index contributed by atoms with van der Waals surface area (Å²) in [5.74, 6) is 0.484. The van der Waals surface area contributed by atoms with Gasteiger partial charge in [-0.3, -0.25) is 15.0 Å². The summed E-state index contributed by atoms with van der Waals surface area (Å²) in [6.07, 6.45) is 1.72. The smallest absolute Gasteiger partial charge is 0.273 e. The Morgan fingerprint density at radius 3 is 2.85 bits per heavy atom. The second kappa shape index (κ2) is 5.76. The molecular formula is C14H20N2O4. The summed E-state index contributed by atoms with van der Waals surface area (Å²) in [5, 5.41) is 21.0. The van der Waals surface area contributed by atoms with Crippen molar-refractivity contribution < 1.29 is 14.8 Å². The summed E-state index contributed by atoms with van der Waals surface area (Å²) < 4.78 is 5.10. The minimum absolute atomic E-state index is 0.0307. The fraction of sp³-hybridized carbons (Fsp3) is 0.571. The number of hydrogen-bond acceptors (Lipinski definition) is 5. The van der Waals surface area contributed by atoms with E-state index in [0.29, 0.717) is 18.8 Å². The van der Waals surface area contributed by atoms with Gasteiger partial charge in [-0.15, -0.1) is 0 Å². The Labute approximate surface area is 118 Å². The van der Waals surface area contributed by atoms with Crippen molar-refractivity contribution in [1.82, 2.24) is 4.90 Å². The molecule has 1 aliphatic rings. The van der Waals surface area contributed by atoms with Crippen molar-refractivity contribution in [2.45, 2.75) is 31.9 Å². The highest BCUT2D eigenvalue weighted by Crippen LogP contribution is 2.26. The molecule has 1 aromatic carbocycles. The molecule has 0 amide bonds. The molecule has 0 saturated carbocycles. The van der Waals surface area contributed by atoms with Gasteiger partial charge in [-0.2, -0.15) is 0 Å². The monoisotopic (exact) mass is 280 g/mol. The molecule has 1 unspecified atom stereocenters. The molecule has 1 saturated heterocycles. The van der Waals surface area contributed by atoms with Crippen LogP contribution in [0.4, 0.5) is 5.69 Å². The minimum Gasteiger partial charge on any atom is -0.496 e. The van der Waals surface area contributed by atoms with E-state index in [-0.39, 0.29) is 5.69 Å². The number of hydrogen-bond donors (Lipinski definition) is 1. The van der Waals surface area contributed by atoms with Gasteiger partial charge in [0, 0.05) is 19.2 Å². The van der Waals surface area contributed by atoms with Gasteiger partial charge in [0.2, 0.25) is 0 Å². The van der Waals surface area contributed by atoms with Gasteiger partial charge >= 0.3 is 0 Å². The summed E-state index contributed by atoms with van der Waals surface area (Å²) in [5.41, 5.74) is 0.181. The van der Waals surface area contributed by atoms with Gasteiger partial charge in [0.15, 0.2) is 0 Å². The Hall–Kier alpha value is -1.66. The van der Waals surface area contributed by atoms with Gasteiger partial charge in [0.05, 0.1) is 23.7 Å². The van der Waals surface area contributed by atoms with Gasteiger partial charge in [0.1, 0.15) is 5.75 Å². The van der Waals surface area contributed by atoms with Crippen molar-refractivity contribution >= 4 is 5.69 Å². The zero-order valence-electron chi connectivity index (χ0n) is 11.8. The van der Waals surface area contributed by atoms with Crippen LogP contribution < -0.4 is 4.74 Å². The first-order chi connectivity index (χ1) is 9.39. The lowest BCUT2D eigenvalue weighted by molar-refractivity contribution is -0.385. The maximum absolute atomic E-state index is 10.9. The van der Waals surface area contributed by atoms with Crippen molar-refractivity contribution in [1.29, 1.82) is 0 Å². The number of nitrogens with zero attached hydrogens (tertiary/aromatic N) is 2. The Kier molecular flexibility index (Phi) is 4.25. The van der Waals surface area contributed by atoms with Crippen LogP contribution >= 0.6 is 0 Å². The number of β-amino-alcohol motifs (C(OH)–C–C–N with tert-alkyl or cyclic N) is 1. The first kappa shape index (κ1) is 14.7. The molecule has 1 aliphatic heterocycles. The van der Waals surface area contributed by atoms with Crippen LogP contribution in [0.3, 0.4) is 0 Å². The quantitative estimate of drug-likeness (QED) is 0.674. The fourth-order valence-electron chi connectivity index (χ4n) is 2.67. The van der Waals surface area contributed by atoms with Crippen molar-refractivity contribution in [2.75, 3.05) is 20.2 Å². The van der Waals surface area contributed by atoms with Crippen molar-refractivity contribution in [3.8, 4) is 5.75 Å². The van der Waals surface area contributed by atoms with Gasteiger partial charge in [-0.05, 0) is 37.9 Å². The molecule has 1 atom stereocenters. The molecule has 20 heavy (non-hydrogen) atoms. The van der Waals surface area contributed by atoms with E-state index in [0.717, 1.165) is 24.9 Å². The SMILES string of the molecule is COc1cc(CN2CCCC(C)(O)C2)cc([N+](=O)[O-])c1. The number of methoxy groups -OCH3 is 1. The maximum Gasteiger partial charge on any atom is 0.273 e. The topological polar surface area (TPSA) is 75.8 Å². The molecule has 6 heteroatoms. The third-order valence-electron chi connectivity index (χ3n) is 3.56. The zero-order chi connectivity index (χ0) is 14.8. The number of benzene rings is 1. The third kappa shape index (κ3) is 3.68. The molecule has 0 aliphatic carbocycles. The van der Waals surface area contributed by atoms with Crippen molar-refractivity contribution in [3.63, 3.8) is 0 Å². The van der Waals surface area contributed by atoms with Gasteiger partial charge in [-0.1, -0.05) is 0 Å². The first-order valence-electron chi connectivity index (χ1n) is 6.67. The van der Waals surface area contributed by atoms with E-state index in [1.807, 2.05) is 6.92 Å². The second-order valence-corrected chi connectivity index (χ2v) is 5.61. The number of ether oxygens (including phenoxy) is 1. The molecule has 6 nitrogen and oxygen atoms in total. The molecule has 110 valence electrons. The average Bonchev–Trinajstić information content (AvgIpc) is 2.37. The van der Waals surface area contributed by atoms with Crippen LogP contribution in [0.5, 0.6) is 5.75 Å². The molecule has 0 spiro atoms. The van der Waals surface area contributed by atoms with E-state index in [4.69, 9.17) is 4.74 Å². The minimum atomic E-state index is -0.678. The fourth-order valence-corrected chi connectivity index (χ4v) is 2.67. The molecular weight excluding hydrogens is 260 g/mol. The average molecular weight is 280 g/mol. The number of non-ortho nitro benzene ring substituents is 1. The van der Waals surface area contributed by atoms with Crippen LogP contribution in [0.1, 0.15) is 25.3 Å². The Bertz CT molecular complexity index is 502. The Morgan fingerprint density at radius 2 is 2.25 bits per heavy atom. The lowest BCUT2D eigenvalue weighted by Crippen LogP contribution is -2.45. The van der Waals surface area contributed by atoms with Gasteiger partial charge < -0.3 is 9.84 Å². The van der Waals surface area contributed by atoms with Gasteiger partial charge in [-0.25, -0.2) is 0 Å². The lowest BCUT2D eigenvalue weighted by Gasteiger charge is -2.36. The number of rotatable bonds is 4. The highest BCUT2D eigenvalue weighted by Gasteiger charge is 2.28. The zero-order valence-corrected chi connectivity index (χ0v) is 11.8. The largest absolute Gasteiger partial charge is 0.496 e. The molecule has 0 aromatic heterocycles. The molecule has 2 rings (SSSR count). The first-order valence-corrected chi connectivity index (χ1v) is 6.67. The molecule has 0 bridgehead atoms. The van der Waals surface area contributed by atoms with E-state index in [2.05, 4.69) is 4.90 Å². The highest BCUT2D eigenvalue weighted by atomic mass is 16.6. The molecule has 1 fully saturated rings. The van der Waals surface area contributed by atoms with Crippen LogP contribution in [0.25, 0.3) is 0 Å². The van der Waals surface area contributed by atoms with Crippen LogP contribution in [-0.2, 0) is 6.54 Å². The second-order valence-electron chi connectivity index (χ2n) is 5.61. The van der Waals surface area contributed by atoms with E-state index >= 15 is 0 Å². The molecule has 0 radical (unpaired) electrons. The summed E-state index contributed by atoms with van der Waals surface area (Å²) in [7, 11) is 1.49. The van der Waals surface area contributed by atoms with Crippen LogP contribution in [-0.4, -0.2) is 40.7 Å². The maximum atomic E-state index is 10.9. The van der Waals surface area contributed by atoms with E-state index < -0.39 is 10.5 Å². The predicted molar refractivity (Wildman–Crippen MR) is 74.8 cm³/mol. The Morgan fingerprint density at radius 1 is 1.50 bits per heavy atom. The van der Waals surface area contributed by atoms with Crippen molar-refractivity contribution in [3.05, 3.63) is 33.9 Å². The van der Waals surface area contributed by atoms with Crippen LogP contribution in [0.15, 0.2) is 18.2 Å². The lowest BCUT2D eigenvalue weighted by atomic mass is 9.95. The van der Waals surface area contributed by atoms with E-state index in [1.54, 1.807) is 12.1 Å². The predicted octanol–water partition coefficient (Wildman–Crippen LogP) is 1.95. The number of piperidine rings is 1. The normalized spacial score (nSPS) is 23.6. The van der Waals surface area contributed by atoms with Crippen molar-refractivity contribution in [2.24, 2.45) is 0 Å². The standard InChI is InChI=1S/C14H20N2O4/c1-14(17)4-3-5-15(10-14)9-11-6-12(16(18)19)8-13(7-11)20-2/h6-8,17H,3-5,9-10H2,1-2H3. The summed E-state index contributed by atoms with van der Waals surface area (Å²) in [4.78, 5) is 12.6. The molecule has 1 N–H and O–H groups in total. The number of nitro benzene ring substituents is 1.